The van der Waals surface area contributed by atoms with Crippen molar-refractivity contribution >= 4 is 44.1 Å². The molecule has 0 aliphatic heterocycles. The van der Waals surface area contributed by atoms with Crippen molar-refractivity contribution in [2.24, 2.45) is 0 Å². The molecule has 0 spiro atoms. The van der Waals surface area contributed by atoms with Crippen LogP contribution < -0.4 is 4.90 Å². The lowest BCUT2D eigenvalue weighted by atomic mass is 9.97. The lowest BCUT2D eigenvalue weighted by Gasteiger charge is -2.29. The van der Waals surface area contributed by atoms with E-state index in [0.717, 1.165) is 51.6 Å². The standard InChI is InChI=1S/C40H29NO/c1-3-12-28(13-4-1)30-16-9-17-31(26-30)35-21-11-22-36-37-27-33(24-25-39(37)42-40(35)36)41(32-18-5-2-6-19-32)38-23-10-15-29-14-7-8-20-34(29)38/h1,3-5,7-27H,2,6H2. The second-order valence-electron chi connectivity index (χ2n) is 10.9. The van der Waals surface area contributed by atoms with E-state index >= 15 is 0 Å². The Kier molecular flexibility index (Phi) is 5.97. The number of allylic oxidation sites excluding steroid dienone is 3. The van der Waals surface area contributed by atoms with E-state index in [1.54, 1.807) is 0 Å². The number of furan rings is 1. The molecular weight excluding hydrogens is 510 g/mol. The summed E-state index contributed by atoms with van der Waals surface area (Å²) in [5, 5.41) is 4.71. The van der Waals surface area contributed by atoms with E-state index in [4.69, 9.17) is 4.42 Å². The van der Waals surface area contributed by atoms with Gasteiger partial charge in [0, 0.05) is 33.1 Å². The van der Waals surface area contributed by atoms with E-state index in [1.807, 2.05) is 0 Å². The van der Waals surface area contributed by atoms with Gasteiger partial charge in [-0.15, -0.1) is 0 Å². The van der Waals surface area contributed by atoms with E-state index in [0.29, 0.717) is 0 Å². The zero-order valence-corrected chi connectivity index (χ0v) is 23.2. The van der Waals surface area contributed by atoms with Crippen molar-refractivity contribution in [3.8, 4) is 22.3 Å². The van der Waals surface area contributed by atoms with E-state index in [-0.39, 0.29) is 0 Å². The quantitative estimate of drug-likeness (QED) is 0.216. The molecule has 7 aromatic rings. The second-order valence-corrected chi connectivity index (χ2v) is 10.9. The zero-order chi connectivity index (χ0) is 27.9. The summed E-state index contributed by atoms with van der Waals surface area (Å²) < 4.78 is 6.59. The van der Waals surface area contributed by atoms with Gasteiger partial charge >= 0.3 is 0 Å². The fourth-order valence-electron chi connectivity index (χ4n) is 6.25. The summed E-state index contributed by atoms with van der Waals surface area (Å²) in [6, 6.07) is 47.5. The maximum atomic E-state index is 6.59. The fraction of sp³-hybridized carbons (Fsp3) is 0.0500. The van der Waals surface area contributed by atoms with Gasteiger partial charge in [0.05, 0.1) is 5.69 Å². The Morgan fingerprint density at radius 2 is 1.31 bits per heavy atom. The lowest BCUT2D eigenvalue weighted by Crippen LogP contribution is -2.16. The fourth-order valence-corrected chi connectivity index (χ4v) is 6.25. The monoisotopic (exact) mass is 539 g/mol. The van der Waals surface area contributed by atoms with Crippen LogP contribution in [0.4, 0.5) is 11.4 Å². The molecule has 1 aromatic heterocycles. The highest BCUT2D eigenvalue weighted by molar-refractivity contribution is 6.11. The predicted octanol–water partition coefficient (Wildman–Crippen LogP) is 11.4. The minimum atomic E-state index is 0.895. The van der Waals surface area contributed by atoms with Gasteiger partial charge in [0.25, 0.3) is 0 Å². The first-order valence-corrected chi connectivity index (χ1v) is 14.6. The number of rotatable bonds is 5. The van der Waals surface area contributed by atoms with Gasteiger partial charge in [0.2, 0.25) is 0 Å². The first kappa shape index (κ1) is 24.5. The van der Waals surface area contributed by atoms with Crippen LogP contribution in [-0.2, 0) is 0 Å². The van der Waals surface area contributed by atoms with Crippen LogP contribution in [0.15, 0.2) is 162 Å². The topological polar surface area (TPSA) is 16.4 Å². The number of para-hydroxylation sites is 1. The van der Waals surface area contributed by atoms with Crippen molar-refractivity contribution in [1.29, 1.82) is 0 Å². The van der Waals surface area contributed by atoms with Gasteiger partial charge in [0.15, 0.2) is 0 Å². The van der Waals surface area contributed by atoms with Crippen LogP contribution in [0.3, 0.4) is 0 Å². The van der Waals surface area contributed by atoms with Crippen molar-refractivity contribution in [2.75, 3.05) is 4.90 Å². The normalized spacial score (nSPS) is 13.1. The van der Waals surface area contributed by atoms with Crippen LogP contribution in [0, 0.1) is 0 Å². The maximum Gasteiger partial charge on any atom is 0.143 e. The Hall–Kier alpha value is -5.34. The zero-order valence-electron chi connectivity index (χ0n) is 23.2. The molecule has 0 amide bonds. The van der Waals surface area contributed by atoms with Gasteiger partial charge in [-0.05, 0) is 71.3 Å². The third kappa shape index (κ3) is 4.20. The molecule has 0 saturated heterocycles. The van der Waals surface area contributed by atoms with Crippen molar-refractivity contribution in [1.82, 2.24) is 0 Å². The first-order chi connectivity index (χ1) is 20.8. The van der Waals surface area contributed by atoms with Crippen LogP contribution in [0.1, 0.15) is 12.8 Å². The van der Waals surface area contributed by atoms with Crippen LogP contribution in [0.25, 0.3) is 55.0 Å². The van der Waals surface area contributed by atoms with Crippen LogP contribution in [-0.4, -0.2) is 0 Å². The smallest absolute Gasteiger partial charge is 0.143 e. The van der Waals surface area contributed by atoms with Gasteiger partial charge in [-0.3, -0.25) is 0 Å². The number of fused-ring (bicyclic) bond motifs is 4. The molecule has 8 rings (SSSR count). The summed E-state index contributed by atoms with van der Waals surface area (Å²) in [5.41, 5.74) is 9.97. The SMILES string of the molecule is C1=CC(N(c2ccc3oc4c(-c5cccc(-c6ccccc6)c5)cccc4c3c2)c2cccc3ccccc23)=CCC1. The highest BCUT2D eigenvalue weighted by atomic mass is 16.3. The molecule has 0 fully saturated rings. The highest BCUT2D eigenvalue weighted by Crippen LogP contribution is 2.42. The molecule has 1 aliphatic rings. The number of nitrogens with zero attached hydrogens (tertiary/aromatic N) is 1. The van der Waals surface area contributed by atoms with Gasteiger partial charge in [-0.2, -0.15) is 0 Å². The molecule has 2 nitrogen and oxygen atoms in total. The van der Waals surface area contributed by atoms with E-state index in [9.17, 15) is 0 Å². The molecule has 1 heterocycles. The molecule has 2 heteroatoms. The summed E-state index contributed by atoms with van der Waals surface area (Å²) in [5.74, 6) is 0. The molecule has 0 radical (unpaired) electrons. The molecular formula is C40H29NO. The molecule has 0 N–H and O–H groups in total. The summed E-state index contributed by atoms with van der Waals surface area (Å²) in [6.45, 7) is 0. The number of hydrogen-bond donors (Lipinski definition) is 0. The molecule has 0 bridgehead atoms. The summed E-state index contributed by atoms with van der Waals surface area (Å²) in [6.07, 6.45) is 8.98. The largest absolute Gasteiger partial charge is 0.455 e. The minimum Gasteiger partial charge on any atom is -0.455 e. The first-order valence-electron chi connectivity index (χ1n) is 14.6. The van der Waals surface area contributed by atoms with Gasteiger partial charge in [0.1, 0.15) is 11.2 Å². The molecule has 0 saturated carbocycles. The van der Waals surface area contributed by atoms with Crippen LogP contribution in [0.5, 0.6) is 0 Å². The number of benzene rings is 6. The Morgan fingerprint density at radius 1 is 0.548 bits per heavy atom. The molecule has 1 aliphatic carbocycles. The summed E-state index contributed by atoms with van der Waals surface area (Å²) in [7, 11) is 0. The predicted molar refractivity (Wildman–Crippen MR) is 177 cm³/mol. The third-order valence-electron chi connectivity index (χ3n) is 8.26. The van der Waals surface area contributed by atoms with Crippen molar-refractivity contribution in [2.45, 2.75) is 12.8 Å². The van der Waals surface area contributed by atoms with Crippen molar-refractivity contribution in [3.63, 3.8) is 0 Å². The van der Waals surface area contributed by atoms with E-state index in [2.05, 4.69) is 157 Å². The highest BCUT2D eigenvalue weighted by Gasteiger charge is 2.19. The van der Waals surface area contributed by atoms with Gasteiger partial charge in [-0.1, -0.05) is 115 Å². The average molecular weight is 540 g/mol. The third-order valence-corrected chi connectivity index (χ3v) is 8.26. The van der Waals surface area contributed by atoms with Gasteiger partial charge < -0.3 is 9.32 Å². The number of anilines is 2. The van der Waals surface area contributed by atoms with Crippen molar-refractivity contribution in [3.05, 3.63) is 157 Å². The van der Waals surface area contributed by atoms with E-state index in [1.165, 1.54) is 33.3 Å². The summed E-state index contributed by atoms with van der Waals surface area (Å²) in [4.78, 5) is 2.39. The maximum absolute atomic E-state index is 6.59. The van der Waals surface area contributed by atoms with Gasteiger partial charge in [-0.25, -0.2) is 0 Å². The lowest BCUT2D eigenvalue weighted by molar-refractivity contribution is 0.670. The van der Waals surface area contributed by atoms with Crippen LogP contribution >= 0.6 is 0 Å². The Bertz CT molecular complexity index is 2140. The molecule has 0 atom stereocenters. The van der Waals surface area contributed by atoms with Crippen LogP contribution in [0.2, 0.25) is 0 Å². The van der Waals surface area contributed by atoms with Crippen molar-refractivity contribution < 1.29 is 4.42 Å². The summed E-state index contributed by atoms with van der Waals surface area (Å²) >= 11 is 0. The second kappa shape index (κ2) is 10.2. The average Bonchev–Trinajstić information content (AvgIpc) is 3.44. The molecule has 0 unspecified atom stereocenters. The number of hydrogen-bond acceptors (Lipinski definition) is 2. The molecule has 42 heavy (non-hydrogen) atoms. The molecule has 6 aromatic carbocycles. The Morgan fingerprint density at radius 3 is 2.21 bits per heavy atom. The Labute approximate surface area is 245 Å². The Balaban J connectivity index is 1.29. The molecule has 200 valence electrons. The minimum absolute atomic E-state index is 0.895. The van der Waals surface area contributed by atoms with E-state index < -0.39 is 0 Å².